The van der Waals surface area contributed by atoms with Crippen LogP contribution >= 0.6 is 0 Å². The summed E-state index contributed by atoms with van der Waals surface area (Å²) in [7, 11) is 4.20. The highest BCUT2D eigenvalue weighted by Crippen LogP contribution is 2.11. The Morgan fingerprint density at radius 1 is 1.00 bits per heavy atom. The number of nitrogens with two attached hydrogens (primary N) is 1. The fraction of sp³-hybridized carbons (Fsp3) is 0.278. The van der Waals surface area contributed by atoms with Crippen molar-refractivity contribution in [1.82, 2.24) is 0 Å². The van der Waals surface area contributed by atoms with Gasteiger partial charge in [-0.05, 0) is 0 Å². The molecular formula is C18H23ClN2O. The first-order valence-electron chi connectivity index (χ1n) is 7.19. The summed E-state index contributed by atoms with van der Waals surface area (Å²) in [5, 5.41) is 0. The molecule has 0 aliphatic heterocycles. The highest BCUT2D eigenvalue weighted by molar-refractivity contribution is 5.99. The molecule has 2 aromatic rings. The van der Waals surface area contributed by atoms with E-state index in [0.717, 1.165) is 6.54 Å². The second kappa shape index (κ2) is 8.08. The first kappa shape index (κ1) is 18.4. The summed E-state index contributed by atoms with van der Waals surface area (Å²) in [6, 6.07) is 19.1. The summed E-state index contributed by atoms with van der Waals surface area (Å²) in [5.41, 5.74) is 8.06. The molecule has 0 aliphatic carbocycles. The molecular weight excluding hydrogens is 296 g/mol. The minimum Gasteiger partial charge on any atom is -1.00 e. The molecule has 1 unspecified atom stereocenters. The van der Waals surface area contributed by atoms with Crippen LogP contribution in [0.3, 0.4) is 0 Å². The number of benzene rings is 2. The fourth-order valence-corrected chi connectivity index (χ4v) is 2.57. The third kappa shape index (κ3) is 5.26. The van der Waals surface area contributed by atoms with Crippen LogP contribution in [0.1, 0.15) is 15.9 Å². The van der Waals surface area contributed by atoms with E-state index in [4.69, 9.17) is 5.73 Å². The maximum atomic E-state index is 12.3. The number of carbonyl (C=O) groups is 1. The van der Waals surface area contributed by atoms with Gasteiger partial charge in [-0.25, -0.2) is 0 Å². The molecule has 0 aliphatic rings. The molecule has 0 heterocycles. The molecule has 1 atom stereocenters. The van der Waals surface area contributed by atoms with Crippen molar-refractivity contribution in [3.05, 3.63) is 71.8 Å². The van der Waals surface area contributed by atoms with Gasteiger partial charge in [0.2, 0.25) is 0 Å². The Bertz CT molecular complexity index is 585. The molecule has 3 nitrogen and oxygen atoms in total. The number of halogens is 1. The average molecular weight is 319 g/mol. The SMILES string of the molecule is C[N+](C)(Cc1ccccc1)CC(N)C(=O)c1ccccc1.[Cl-]. The van der Waals surface area contributed by atoms with Gasteiger partial charge >= 0.3 is 0 Å². The van der Waals surface area contributed by atoms with Crippen LogP contribution in [-0.4, -0.2) is 36.9 Å². The Morgan fingerprint density at radius 2 is 1.50 bits per heavy atom. The number of ketones is 1. The van der Waals surface area contributed by atoms with Crippen LogP contribution in [0.4, 0.5) is 0 Å². The predicted molar refractivity (Wildman–Crippen MR) is 85.9 cm³/mol. The normalized spacial score (nSPS) is 12.3. The number of quaternary nitrogens is 1. The van der Waals surface area contributed by atoms with Gasteiger partial charge < -0.3 is 22.6 Å². The van der Waals surface area contributed by atoms with E-state index in [1.807, 2.05) is 48.5 Å². The zero-order valence-corrected chi connectivity index (χ0v) is 13.8. The molecule has 0 spiro atoms. The van der Waals surface area contributed by atoms with Gasteiger partial charge in [0.25, 0.3) is 0 Å². The number of hydrogen-bond donors (Lipinski definition) is 1. The molecule has 0 radical (unpaired) electrons. The first-order chi connectivity index (χ1) is 9.98. The number of Topliss-reactive ketones (excluding diaryl/α,β-unsaturated/α-hetero) is 1. The van der Waals surface area contributed by atoms with Gasteiger partial charge in [0.15, 0.2) is 5.78 Å². The van der Waals surface area contributed by atoms with E-state index in [1.54, 1.807) is 0 Å². The largest absolute Gasteiger partial charge is 1.00 e. The zero-order chi connectivity index (χ0) is 15.3. The monoisotopic (exact) mass is 318 g/mol. The van der Waals surface area contributed by atoms with Crippen LogP contribution in [-0.2, 0) is 6.54 Å². The predicted octanol–water partition coefficient (Wildman–Crippen LogP) is -0.523. The Labute approximate surface area is 138 Å². The molecule has 0 aromatic heterocycles. The van der Waals surface area contributed by atoms with E-state index in [0.29, 0.717) is 16.6 Å². The van der Waals surface area contributed by atoms with Crippen LogP contribution in [0, 0.1) is 0 Å². The maximum absolute atomic E-state index is 12.3. The van der Waals surface area contributed by atoms with E-state index in [1.165, 1.54) is 5.56 Å². The van der Waals surface area contributed by atoms with Crippen LogP contribution in [0.15, 0.2) is 60.7 Å². The lowest BCUT2D eigenvalue weighted by atomic mass is 10.0. The summed E-state index contributed by atoms with van der Waals surface area (Å²) >= 11 is 0. The van der Waals surface area contributed by atoms with Gasteiger partial charge in [-0.1, -0.05) is 60.7 Å². The zero-order valence-electron chi connectivity index (χ0n) is 13.1. The van der Waals surface area contributed by atoms with Crippen molar-refractivity contribution in [3.8, 4) is 0 Å². The highest BCUT2D eigenvalue weighted by Gasteiger charge is 2.25. The Hall–Kier alpha value is -1.68. The standard InChI is InChI=1S/C18H23N2O.ClH/c1-20(2,13-15-9-5-3-6-10-15)14-17(19)18(21)16-11-7-4-8-12-16;/h3-12,17H,13-14,19H2,1-2H3;1H/q+1;/p-1. The molecule has 0 amide bonds. The quantitative estimate of drug-likeness (QED) is 0.575. The summed E-state index contributed by atoms with van der Waals surface area (Å²) in [6.45, 7) is 1.47. The minimum absolute atomic E-state index is 0. The molecule has 0 bridgehead atoms. The number of hydrogen-bond acceptors (Lipinski definition) is 2. The lowest BCUT2D eigenvalue weighted by Crippen LogP contribution is -3.00. The van der Waals surface area contributed by atoms with Crippen molar-refractivity contribution in [2.75, 3.05) is 20.6 Å². The molecule has 22 heavy (non-hydrogen) atoms. The van der Waals surface area contributed by atoms with Crippen molar-refractivity contribution in [3.63, 3.8) is 0 Å². The van der Waals surface area contributed by atoms with Crippen molar-refractivity contribution >= 4 is 5.78 Å². The molecule has 0 saturated heterocycles. The number of nitrogens with zero attached hydrogens (tertiary/aromatic N) is 1. The molecule has 2 N–H and O–H groups in total. The van der Waals surface area contributed by atoms with Gasteiger partial charge in [0.1, 0.15) is 19.1 Å². The average Bonchev–Trinajstić information content (AvgIpc) is 2.47. The van der Waals surface area contributed by atoms with Gasteiger partial charge in [-0.15, -0.1) is 0 Å². The fourth-order valence-electron chi connectivity index (χ4n) is 2.57. The van der Waals surface area contributed by atoms with E-state index < -0.39 is 6.04 Å². The van der Waals surface area contributed by atoms with E-state index in [9.17, 15) is 4.79 Å². The van der Waals surface area contributed by atoms with E-state index >= 15 is 0 Å². The van der Waals surface area contributed by atoms with Crippen LogP contribution in [0.2, 0.25) is 0 Å². The summed E-state index contributed by atoms with van der Waals surface area (Å²) in [4.78, 5) is 12.3. The molecule has 0 fully saturated rings. The third-order valence-electron chi connectivity index (χ3n) is 3.54. The molecule has 2 rings (SSSR count). The number of carbonyl (C=O) groups excluding carboxylic acids is 1. The van der Waals surface area contributed by atoms with Gasteiger partial charge in [0, 0.05) is 11.1 Å². The van der Waals surface area contributed by atoms with E-state index in [-0.39, 0.29) is 18.2 Å². The third-order valence-corrected chi connectivity index (χ3v) is 3.54. The number of rotatable bonds is 6. The van der Waals surface area contributed by atoms with Crippen LogP contribution < -0.4 is 18.1 Å². The van der Waals surface area contributed by atoms with Crippen LogP contribution in [0.5, 0.6) is 0 Å². The maximum Gasteiger partial charge on any atom is 0.185 e. The molecule has 0 saturated carbocycles. The lowest BCUT2D eigenvalue weighted by Gasteiger charge is -2.32. The van der Waals surface area contributed by atoms with Crippen LogP contribution in [0.25, 0.3) is 0 Å². The van der Waals surface area contributed by atoms with Crippen molar-refractivity contribution < 1.29 is 21.7 Å². The smallest absolute Gasteiger partial charge is 0.185 e. The van der Waals surface area contributed by atoms with Crippen molar-refractivity contribution in [2.24, 2.45) is 5.73 Å². The summed E-state index contributed by atoms with van der Waals surface area (Å²) < 4.78 is 0.684. The Morgan fingerprint density at radius 3 is 2.05 bits per heavy atom. The van der Waals surface area contributed by atoms with Crippen molar-refractivity contribution in [2.45, 2.75) is 12.6 Å². The second-order valence-corrected chi connectivity index (χ2v) is 6.10. The molecule has 4 heteroatoms. The minimum atomic E-state index is -0.480. The summed E-state index contributed by atoms with van der Waals surface area (Å²) in [6.07, 6.45) is 0. The summed E-state index contributed by atoms with van der Waals surface area (Å²) in [5.74, 6) is 0.00913. The number of likely N-dealkylation sites (N-methyl/N-ethyl adjacent to an activating group) is 1. The van der Waals surface area contributed by atoms with Gasteiger partial charge in [-0.2, -0.15) is 0 Å². The molecule has 2 aromatic carbocycles. The highest BCUT2D eigenvalue weighted by atomic mass is 35.5. The second-order valence-electron chi connectivity index (χ2n) is 6.10. The lowest BCUT2D eigenvalue weighted by molar-refractivity contribution is -0.903. The van der Waals surface area contributed by atoms with Gasteiger partial charge in [-0.3, -0.25) is 4.79 Å². The molecule has 118 valence electrons. The Kier molecular flexibility index (Phi) is 6.75. The van der Waals surface area contributed by atoms with E-state index in [2.05, 4.69) is 26.2 Å². The first-order valence-corrected chi connectivity index (χ1v) is 7.19. The van der Waals surface area contributed by atoms with Gasteiger partial charge in [0.05, 0.1) is 14.1 Å². The Balaban J connectivity index is 0.00000242. The van der Waals surface area contributed by atoms with Crippen molar-refractivity contribution in [1.29, 1.82) is 0 Å². The topological polar surface area (TPSA) is 43.1 Å².